The zero-order valence-electron chi connectivity index (χ0n) is 11.6. The van der Waals surface area contributed by atoms with Crippen LogP contribution in [0.1, 0.15) is 24.4 Å². The Morgan fingerprint density at radius 1 is 1.14 bits per heavy atom. The molecule has 0 saturated heterocycles. The normalized spacial score (nSPS) is 24.8. The third-order valence-corrected chi connectivity index (χ3v) is 4.33. The SMILES string of the molecule is O=C1NC2=C(C(=O)N(CC3CC3)C2)C(c2ccccc2)N1. The van der Waals surface area contributed by atoms with E-state index in [0.717, 1.165) is 17.8 Å². The van der Waals surface area contributed by atoms with Crippen LogP contribution in [0.4, 0.5) is 4.79 Å². The molecule has 1 saturated carbocycles. The van der Waals surface area contributed by atoms with Crippen LogP contribution in [0, 0.1) is 5.92 Å². The molecule has 5 nitrogen and oxygen atoms in total. The molecule has 2 N–H and O–H groups in total. The number of nitrogens with one attached hydrogen (secondary N) is 2. The lowest BCUT2D eigenvalue weighted by molar-refractivity contribution is -0.126. The molecule has 4 rings (SSSR count). The van der Waals surface area contributed by atoms with Crippen LogP contribution < -0.4 is 10.6 Å². The molecule has 0 spiro atoms. The Hall–Kier alpha value is -2.30. The Morgan fingerprint density at radius 2 is 1.90 bits per heavy atom. The summed E-state index contributed by atoms with van der Waals surface area (Å²) in [5.41, 5.74) is 2.40. The van der Waals surface area contributed by atoms with Crippen molar-refractivity contribution < 1.29 is 9.59 Å². The zero-order valence-corrected chi connectivity index (χ0v) is 11.6. The summed E-state index contributed by atoms with van der Waals surface area (Å²) in [5, 5.41) is 5.67. The van der Waals surface area contributed by atoms with Crippen LogP contribution in [-0.4, -0.2) is 29.9 Å². The van der Waals surface area contributed by atoms with Gasteiger partial charge in [0.05, 0.1) is 23.9 Å². The predicted molar refractivity (Wildman–Crippen MR) is 77.2 cm³/mol. The fourth-order valence-corrected chi connectivity index (χ4v) is 3.08. The third kappa shape index (κ3) is 2.18. The molecule has 0 radical (unpaired) electrons. The molecule has 2 aliphatic heterocycles. The zero-order chi connectivity index (χ0) is 14.4. The van der Waals surface area contributed by atoms with Crippen molar-refractivity contribution in [3.8, 4) is 0 Å². The molecule has 21 heavy (non-hydrogen) atoms. The molecule has 1 aromatic rings. The van der Waals surface area contributed by atoms with Gasteiger partial charge in [0.2, 0.25) is 0 Å². The standard InChI is InChI=1S/C16H17N3O2/c20-15-13-12(9-19(15)8-10-6-7-10)17-16(21)18-14(13)11-4-2-1-3-5-11/h1-5,10,14H,6-9H2,(H2,17,18,21). The summed E-state index contributed by atoms with van der Waals surface area (Å²) in [6.45, 7) is 1.34. The second kappa shape index (κ2) is 4.62. The summed E-state index contributed by atoms with van der Waals surface area (Å²) in [4.78, 5) is 26.4. The Balaban J connectivity index is 1.66. The van der Waals surface area contributed by atoms with Crippen LogP contribution in [0.5, 0.6) is 0 Å². The van der Waals surface area contributed by atoms with Crippen LogP contribution in [0.2, 0.25) is 0 Å². The minimum Gasteiger partial charge on any atom is -0.333 e. The van der Waals surface area contributed by atoms with Crippen molar-refractivity contribution in [3.05, 3.63) is 47.2 Å². The lowest BCUT2D eigenvalue weighted by atomic mass is 9.96. The topological polar surface area (TPSA) is 61.4 Å². The van der Waals surface area contributed by atoms with E-state index in [0.29, 0.717) is 18.0 Å². The number of carbonyl (C=O) groups is 2. The Labute approximate surface area is 123 Å². The predicted octanol–water partition coefficient (Wildman–Crippen LogP) is 1.55. The first-order valence-corrected chi connectivity index (χ1v) is 7.37. The van der Waals surface area contributed by atoms with Crippen LogP contribution in [0.3, 0.4) is 0 Å². The monoisotopic (exact) mass is 283 g/mol. The molecule has 3 amide bonds. The van der Waals surface area contributed by atoms with Gasteiger partial charge in [0.1, 0.15) is 0 Å². The fourth-order valence-electron chi connectivity index (χ4n) is 3.08. The van der Waals surface area contributed by atoms with E-state index in [9.17, 15) is 9.59 Å². The molecule has 1 fully saturated rings. The Kier molecular flexibility index (Phi) is 2.74. The molecule has 0 bridgehead atoms. The van der Waals surface area contributed by atoms with E-state index in [-0.39, 0.29) is 18.0 Å². The van der Waals surface area contributed by atoms with Gasteiger partial charge in [-0.2, -0.15) is 0 Å². The number of amides is 3. The van der Waals surface area contributed by atoms with Crippen molar-refractivity contribution in [1.82, 2.24) is 15.5 Å². The second-order valence-corrected chi connectivity index (χ2v) is 5.96. The van der Waals surface area contributed by atoms with Gasteiger partial charge in [0, 0.05) is 6.54 Å². The highest BCUT2D eigenvalue weighted by atomic mass is 16.2. The molecule has 1 aliphatic carbocycles. The molecule has 2 heterocycles. The third-order valence-electron chi connectivity index (χ3n) is 4.33. The van der Waals surface area contributed by atoms with Gasteiger partial charge < -0.3 is 15.5 Å². The maximum atomic E-state index is 12.7. The number of benzene rings is 1. The van der Waals surface area contributed by atoms with E-state index in [2.05, 4.69) is 10.6 Å². The largest absolute Gasteiger partial charge is 0.333 e. The summed E-state index contributed by atoms with van der Waals surface area (Å²) < 4.78 is 0. The number of carbonyl (C=O) groups excluding carboxylic acids is 2. The quantitative estimate of drug-likeness (QED) is 0.884. The molecule has 108 valence electrons. The summed E-state index contributed by atoms with van der Waals surface area (Å²) in [7, 11) is 0. The number of hydrogen-bond donors (Lipinski definition) is 2. The van der Waals surface area contributed by atoms with Crippen molar-refractivity contribution in [2.45, 2.75) is 18.9 Å². The molecular weight excluding hydrogens is 266 g/mol. The van der Waals surface area contributed by atoms with Crippen LogP contribution in [0.15, 0.2) is 41.6 Å². The Bertz CT molecular complexity index is 634. The maximum Gasteiger partial charge on any atom is 0.319 e. The van der Waals surface area contributed by atoms with Crippen molar-refractivity contribution in [2.24, 2.45) is 5.92 Å². The lowest BCUT2D eigenvalue weighted by Gasteiger charge is -2.25. The molecule has 1 aromatic carbocycles. The summed E-state index contributed by atoms with van der Waals surface area (Å²) in [6.07, 6.45) is 2.42. The molecule has 3 aliphatic rings. The minimum absolute atomic E-state index is 0.0539. The first-order chi connectivity index (χ1) is 10.2. The molecular formula is C16H17N3O2. The molecule has 1 unspecified atom stereocenters. The van der Waals surface area contributed by atoms with Crippen LogP contribution in [0.25, 0.3) is 0 Å². The van der Waals surface area contributed by atoms with Crippen molar-refractivity contribution in [1.29, 1.82) is 0 Å². The van der Waals surface area contributed by atoms with Gasteiger partial charge in [-0.1, -0.05) is 30.3 Å². The number of nitrogens with zero attached hydrogens (tertiary/aromatic N) is 1. The Morgan fingerprint density at radius 3 is 2.62 bits per heavy atom. The second-order valence-electron chi connectivity index (χ2n) is 5.96. The van der Waals surface area contributed by atoms with Crippen LogP contribution in [-0.2, 0) is 4.79 Å². The van der Waals surface area contributed by atoms with E-state index < -0.39 is 0 Å². The summed E-state index contributed by atoms with van der Waals surface area (Å²) >= 11 is 0. The van der Waals surface area contributed by atoms with Crippen molar-refractivity contribution >= 4 is 11.9 Å². The number of hydrogen-bond acceptors (Lipinski definition) is 2. The first kappa shape index (κ1) is 12.4. The van der Waals surface area contributed by atoms with E-state index in [1.165, 1.54) is 12.8 Å². The van der Waals surface area contributed by atoms with E-state index in [1.54, 1.807) is 0 Å². The summed E-state index contributed by atoms with van der Waals surface area (Å²) in [6, 6.07) is 9.08. The minimum atomic E-state index is -0.341. The van der Waals surface area contributed by atoms with Gasteiger partial charge in [-0.05, 0) is 24.3 Å². The van der Waals surface area contributed by atoms with Crippen molar-refractivity contribution in [3.63, 3.8) is 0 Å². The highest BCUT2D eigenvalue weighted by Gasteiger charge is 2.41. The molecule has 1 atom stereocenters. The van der Waals surface area contributed by atoms with Gasteiger partial charge in [0.15, 0.2) is 0 Å². The van der Waals surface area contributed by atoms with Crippen molar-refractivity contribution in [2.75, 3.05) is 13.1 Å². The smallest absolute Gasteiger partial charge is 0.319 e. The van der Waals surface area contributed by atoms with E-state index >= 15 is 0 Å². The van der Waals surface area contributed by atoms with Gasteiger partial charge in [-0.25, -0.2) is 4.79 Å². The van der Waals surface area contributed by atoms with E-state index in [1.807, 2.05) is 35.2 Å². The van der Waals surface area contributed by atoms with E-state index in [4.69, 9.17) is 0 Å². The lowest BCUT2D eigenvalue weighted by Crippen LogP contribution is -2.44. The van der Waals surface area contributed by atoms with Gasteiger partial charge in [-0.15, -0.1) is 0 Å². The van der Waals surface area contributed by atoms with Crippen LogP contribution >= 0.6 is 0 Å². The number of rotatable bonds is 3. The van der Waals surface area contributed by atoms with Gasteiger partial charge in [0.25, 0.3) is 5.91 Å². The highest BCUT2D eigenvalue weighted by Crippen LogP contribution is 2.36. The average Bonchev–Trinajstić information content (AvgIpc) is 3.25. The average molecular weight is 283 g/mol. The summed E-state index contributed by atoms with van der Waals surface area (Å²) in [5.74, 6) is 0.701. The van der Waals surface area contributed by atoms with Gasteiger partial charge >= 0.3 is 6.03 Å². The number of urea groups is 1. The first-order valence-electron chi connectivity index (χ1n) is 7.37. The van der Waals surface area contributed by atoms with Gasteiger partial charge in [-0.3, -0.25) is 4.79 Å². The molecule has 0 aromatic heterocycles. The fraction of sp³-hybridized carbons (Fsp3) is 0.375. The molecule has 5 heteroatoms. The highest BCUT2D eigenvalue weighted by molar-refractivity contribution is 6.01. The maximum absolute atomic E-state index is 12.7.